The fourth-order valence-corrected chi connectivity index (χ4v) is 3.54. The maximum atomic E-state index is 12.7. The molecule has 8 heteroatoms. The van der Waals surface area contributed by atoms with E-state index >= 15 is 0 Å². The van der Waals surface area contributed by atoms with Crippen LogP contribution in [0.1, 0.15) is 21.5 Å². The van der Waals surface area contributed by atoms with Crippen LogP contribution in [0, 0.1) is 6.92 Å². The second-order valence-electron chi connectivity index (χ2n) is 7.61. The van der Waals surface area contributed by atoms with E-state index in [1.807, 2.05) is 49.4 Å². The van der Waals surface area contributed by atoms with Gasteiger partial charge in [-0.1, -0.05) is 64.0 Å². The van der Waals surface area contributed by atoms with Crippen LogP contribution in [0.5, 0.6) is 5.75 Å². The lowest BCUT2D eigenvalue weighted by Gasteiger charge is -2.11. The first-order valence-corrected chi connectivity index (χ1v) is 11.4. The summed E-state index contributed by atoms with van der Waals surface area (Å²) in [6.45, 7) is 1.93. The predicted molar refractivity (Wildman–Crippen MR) is 139 cm³/mol. The molecule has 2 N–H and O–H groups in total. The van der Waals surface area contributed by atoms with E-state index in [1.165, 1.54) is 6.21 Å². The van der Waals surface area contributed by atoms with Gasteiger partial charge in [0.25, 0.3) is 0 Å². The summed E-state index contributed by atoms with van der Waals surface area (Å²) in [4.78, 5) is 37.1. The average Bonchev–Trinajstić information content (AvgIpc) is 2.86. The van der Waals surface area contributed by atoms with Crippen molar-refractivity contribution in [3.8, 4) is 5.75 Å². The van der Waals surface area contributed by atoms with Crippen molar-refractivity contribution < 1.29 is 19.1 Å². The van der Waals surface area contributed by atoms with Gasteiger partial charge in [-0.05, 0) is 60.2 Å². The van der Waals surface area contributed by atoms with Crippen LogP contribution in [-0.2, 0) is 9.59 Å². The van der Waals surface area contributed by atoms with Gasteiger partial charge in [-0.3, -0.25) is 9.59 Å². The van der Waals surface area contributed by atoms with Gasteiger partial charge in [0, 0.05) is 15.7 Å². The minimum Gasteiger partial charge on any atom is -0.422 e. The summed E-state index contributed by atoms with van der Waals surface area (Å²) in [5.74, 6) is -2.06. The zero-order valence-electron chi connectivity index (χ0n) is 18.6. The lowest BCUT2D eigenvalue weighted by atomic mass is 10.0. The Morgan fingerprint density at radius 1 is 0.857 bits per heavy atom. The number of amides is 2. The lowest BCUT2D eigenvalue weighted by molar-refractivity contribution is -0.136. The summed E-state index contributed by atoms with van der Waals surface area (Å²) in [5.41, 5.74) is 4.60. The fourth-order valence-electron chi connectivity index (χ4n) is 3.27. The molecule has 4 rings (SSSR count). The molecule has 4 aromatic rings. The summed E-state index contributed by atoms with van der Waals surface area (Å²) < 4.78 is 6.49. The number of carbonyl (C=O) groups excluding carboxylic acids is 3. The van der Waals surface area contributed by atoms with Crippen LogP contribution >= 0.6 is 15.9 Å². The van der Waals surface area contributed by atoms with E-state index in [-0.39, 0.29) is 5.75 Å². The second-order valence-corrected chi connectivity index (χ2v) is 8.53. The van der Waals surface area contributed by atoms with Gasteiger partial charge < -0.3 is 10.1 Å². The Labute approximate surface area is 209 Å². The topological polar surface area (TPSA) is 96.9 Å². The summed E-state index contributed by atoms with van der Waals surface area (Å²) in [6.07, 6.45) is 1.35. The van der Waals surface area contributed by atoms with Crippen molar-refractivity contribution in [2.45, 2.75) is 6.92 Å². The largest absolute Gasteiger partial charge is 0.422 e. The number of benzene rings is 4. The molecule has 35 heavy (non-hydrogen) atoms. The molecule has 0 radical (unpaired) electrons. The van der Waals surface area contributed by atoms with Crippen molar-refractivity contribution in [2.24, 2.45) is 5.10 Å². The third-order valence-corrected chi connectivity index (χ3v) is 5.62. The maximum Gasteiger partial charge on any atom is 0.343 e. The van der Waals surface area contributed by atoms with Crippen LogP contribution in [0.15, 0.2) is 94.5 Å². The molecule has 0 atom stereocenters. The van der Waals surface area contributed by atoms with Crippen molar-refractivity contribution in [1.82, 2.24) is 5.43 Å². The highest BCUT2D eigenvalue weighted by Crippen LogP contribution is 2.27. The molecule has 0 spiro atoms. The molecule has 0 saturated carbocycles. The number of fused-ring (bicyclic) bond motifs is 1. The van der Waals surface area contributed by atoms with Crippen LogP contribution in [0.4, 0.5) is 5.69 Å². The summed E-state index contributed by atoms with van der Waals surface area (Å²) in [6, 6.07) is 24.8. The Bertz CT molecular complexity index is 1430. The minimum atomic E-state index is -0.942. The highest BCUT2D eigenvalue weighted by atomic mass is 79.9. The van der Waals surface area contributed by atoms with E-state index in [0.717, 1.165) is 20.8 Å². The number of hydrazone groups is 1. The number of nitrogens with zero attached hydrogens (tertiary/aromatic N) is 1. The third-order valence-electron chi connectivity index (χ3n) is 5.09. The van der Waals surface area contributed by atoms with Crippen molar-refractivity contribution in [2.75, 3.05) is 5.32 Å². The van der Waals surface area contributed by atoms with E-state index in [1.54, 1.807) is 42.5 Å². The van der Waals surface area contributed by atoms with Gasteiger partial charge >= 0.3 is 17.8 Å². The van der Waals surface area contributed by atoms with E-state index in [9.17, 15) is 14.4 Å². The van der Waals surface area contributed by atoms with Gasteiger partial charge in [-0.2, -0.15) is 5.10 Å². The molecule has 0 heterocycles. The smallest absolute Gasteiger partial charge is 0.343 e. The van der Waals surface area contributed by atoms with Gasteiger partial charge in [-0.15, -0.1) is 0 Å². The molecule has 0 bridgehead atoms. The number of rotatable bonds is 5. The monoisotopic (exact) mass is 529 g/mol. The highest BCUT2D eigenvalue weighted by Gasteiger charge is 2.15. The Morgan fingerprint density at radius 3 is 2.31 bits per heavy atom. The fraction of sp³-hybridized carbons (Fsp3) is 0.0370. The highest BCUT2D eigenvalue weighted by molar-refractivity contribution is 9.10. The molecule has 0 fully saturated rings. The molecule has 0 saturated heterocycles. The normalized spacial score (nSPS) is 10.8. The molecule has 174 valence electrons. The van der Waals surface area contributed by atoms with Crippen LogP contribution in [-0.4, -0.2) is 24.0 Å². The molecule has 0 aliphatic carbocycles. The summed E-state index contributed by atoms with van der Waals surface area (Å²) in [7, 11) is 0. The van der Waals surface area contributed by atoms with Crippen LogP contribution in [0.25, 0.3) is 10.8 Å². The number of aryl methyl sites for hydroxylation is 1. The van der Waals surface area contributed by atoms with E-state index in [0.29, 0.717) is 16.8 Å². The van der Waals surface area contributed by atoms with Gasteiger partial charge in [0.05, 0.1) is 11.8 Å². The van der Waals surface area contributed by atoms with Crippen molar-refractivity contribution in [1.29, 1.82) is 0 Å². The molecule has 0 aliphatic heterocycles. The number of nitrogens with one attached hydrogen (secondary N) is 2. The van der Waals surface area contributed by atoms with Gasteiger partial charge in [0.15, 0.2) is 0 Å². The van der Waals surface area contributed by atoms with Crippen molar-refractivity contribution in [3.63, 3.8) is 0 Å². The number of hydrogen-bond donors (Lipinski definition) is 2. The molecular weight excluding hydrogens is 510 g/mol. The maximum absolute atomic E-state index is 12.7. The van der Waals surface area contributed by atoms with Crippen LogP contribution in [0.3, 0.4) is 0 Å². The van der Waals surface area contributed by atoms with Gasteiger partial charge in [0.2, 0.25) is 0 Å². The molecule has 0 unspecified atom stereocenters. The van der Waals surface area contributed by atoms with Gasteiger partial charge in [-0.25, -0.2) is 10.2 Å². The minimum absolute atomic E-state index is 0.270. The predicted octanol–water partition coefficient (Wildman–Crippen LogP) is 5.22. The molecule has 2 amide bonds. The number of esters is 1. The lowest BCUT2D eigenvalue weighted by Crippen LogP contribution is -2.32. The van der Waals surface area contributed by atoms with Crippen LogP contribution < -0.4 is 15.5 Å². The first-order valence-electron chi connectivity index (χ1n) is 10.6. The quantitative estimate of drug-likeness (QED) is 0.122. The Morgan fingerprint density at radius 2 is 1.57 bits per heavy atom. The Balaban J connectivity index is 1.53. The number of halogens is 1. The second kappa shape index (κ2) is 10.8. The number of ether oxygens (including phenoxy) is 1. The first kappa shape index (κ1) is 23.8. The molecule has 0 aromatic heterocycles. The van der Waals surface area contributed by atoms with Crippen molar-refractivity contribution >= 4 is 56.4 Å². The summed E-state index contributed by atoms with van der Waals surface area (Å²) >= 11 is 3.31. The zero-order chi connectivity index (χ0) is 24.8. The number of anilines is 1. The first-order chi connectivity index (χ1) is 16.9. The van der Waals surface area contributed by atoms with E-state index in [4.69, 9.17) is 4.74 Å². The standard InChI is InChI=1S/C27H20BrN3O4/c1-17-6-8-19(9-7-17)27(34)35-24-15-10-18-4-2-3-5-22(18)23(24)16-29-31-26(33)25(32)30-21-13-11-20(28)12-14-21/h2-16H,1H3,(H,30,32)(H,31,33). The Kier molecular flexibility index (Phi) is 7.32. The Hall–Kier alpha value is -4.30. The molecule has 7 nitrogen and oxygen atoms in total. The molecular formula is C27H20BrN3O4. The van der Waals surface area contributed by atoms with E-state index in [2.05, 4.69) is 31.8 Å². The molecule has 4 aromatic carbocycles. The SMILES string of the molecule is Cc1ccc(C(=O)Oc2ccc3ccccc3c2C=NNC(=O)C(=O)Nc2ccc(Br)cc2)cc1. The van der Waals surface area contributed by atoms with Crippen LogP contribution in [0.2, 0.25) is 0 Å². The van der Waals surface area contributed by atoms with Crippen molar-refractivity contribution in [3.05, 3.63) is 106 Å². The zero-order valence-corrected chi connectivity index (χ0v) is 20.2. The number of carbonyl (C=O) groups is 3. The summed E-state index contributed by atoms with van der Waals surface area (Å²) in [5, 5.41) is 8.08. The third kappa shape index (κ3) is 5.99. The van der Waals surface area contributed by atoms with E-state index < -0.39 is 17.8 Å². The number of hydrogen-bond acceptors (Lipinski definition) is 5. The van der Waals surface area contributed by atoms with Gasteiger partial charge in [0.1, 0.15) is 5.75 Å². The molecule has 0 aliphatic rings. The average molecular weight is 530 g/mol.